The predicted octanol–water partition coefficient (Wildman–Crippen LogP) is 0.912. The molecule has 1 fully saturated rings. The number of likely N-dealkylation sites (N-methyl/N-ethyl adjacent to an activating group) is 2. The Morgan fingerprint density at radius 1 is 1.53 bits per heavy atom. The van der Waals surface area contributed by atoms with E-state index >= 15 is 0 Å². The molecule has 100 valence electrons. The summed E-state index contributed by atoms with van der Waals surface area (Å²) in [5, 5.41) is 0. The minimum Gasteiger partial charge on any atom is -0.344 e. The number of nitrogens with zero attached hydrogens (tertiary/aromatic N) is 2. The second kappa shape index (κ2) is 6.36. The van der Waals surface area contributed by atoms with E-state index < -0.39 is 0 Å². The van der Waals surface area contributed by atoms with E-state index in [0.717, 1.165) is 13.1 Å². The maximum atomic E-state index is 12.1. The monoisotopic (exact) mass is 241 g/mol. The lowest BCUT2D eigenvalue weighted by Gasteiger charge is -2.30. The molecule has 1 aliphatic rings. The van der Waals surface area contributed by atoms with Crippen molar-refractivity contribution in [2.75, 3.05) is 26.7 Å². The van der Waals surface area contributed by atoms with Gasteiger partial charge in [-0.15, -0.1) is 0 Å². The summed E-state index contributed by atoms with van der Waals surface area (Å²) in [6, 6.07) is 0.463. The molecule has 4 heteroatoms. The standard InChI is InChI=1S/C13H27N3O/c1-5-16-8-6-7-12(16)9-15(4)13(17)10(2)11(3)14/h10-12H,5-9,14H2,1-4H3. The summed E-state index contributed by atoms with van der Waals surface area (Å²) in [5.41, 5.74) is 5.78. The van der Waals surface area contributed by atoms with Crippen LogP contribution in [0.4, 0.5) is 0 Å². The van der Waals surface area contributed by atoms with Gasteiger partial charge in [0, 0.05) is 25.7 Å². The molecule has 0 bridgehead atoms. The second-order valence-electron chi connectivity index (χ2n) is 5.29. The highest BCUT2D eigenvalue weighted by molar-refractivity contribution is 5.78. The number of carbonyl (C=O) groups excluding carboxylic acids is 1. The van der Waals surface area contributed by atoms with Crippen LogP contribution in [0.2, 0.25) is 0 Å². The van der Waals surface area contributed by atoms with Crippen molar-refractivity contribution in [3.05, 3.63) is 0 Å². The summed E-state index contributed by atoms with van der Waals surface area (Å²) in [6.07, 6.45) is 2.46. The molecule has 1 aliphatic heterocycles. The quantitative estimate of drug-likeness (QED) is 0.778. The summed E-state index contributed by atoms with van der Waals surface area (Å²) in [5.74, 6) is 0.0828. The van der Waals surface area contributed by atoms with Crippen LogP contribution in [0.5, 0.6) is 0 Å². The van der Waals surface area contributed by atoms with Gasteiger partial charge in [-0.3, -0.25) is 9.69 Å². The Morgan fingerprint density at radius 2 is 2.18 bits per heavy atom. The number of carbonyl (C=O) groups is 1. The number of nitrogens with two attached hydrogens (primary N) is 1. The topological polar surface area (TPSA) is 49.6 Å². The van der Waals surface area contributed by atoms with Crippen LogP contribution in [0.15, 0.2) is 0 Å². The van der Waals surface area contributed by atoms with Crippen LogP contribution in [0.25, 0.3) is 0 Å². The minimum atomic E-state index is -0.0866. The fourth-order valence-corrected chi connectivity index (χ4v) is 2.50. The highest BCUT2D eigenvalue weighted by Crippen LogP contribution is 2.18. The Labute approximate surface area is 105 Å². The van der Waals surface area contributed by atoms with E-state index in [1.54, 1.807) is 0 Å². The molecule has 1 amide bonds. The maximum Gasteiger partial charge on any atom is 0.226 e. The SMILES string of the molecule is CCN1CCCC1CN(C)C(=O)C(C)C(C)N. The van der Waals surface area contributed by atoms with Crippen LogP contribution in [0, 0.1) is 5.92 Å². The first kappa shape index (κ1) is 14.5. The van der Waals surface area contributed by atoms with Gasteiger partial charge in [0.2, 0.25) is 5.91 Å². The lowest BCUT2D eigenvalue weighted by Crippen LogP contribution is -2.45. The van der Waals surface area contributed by atoms with Crippen molar-refractivity contribution in [1.29, 1.82) is 0 Å². The second-order valence-corrected chi connectivity index (χ2v) is 5.29. The van der Waals surface area contributed by atoms with E-state index in [1.807, 2.05) is 25.8 Å². The van der Waals surface area contributed by atoms with E-state index in [9.17, 15) is 4.79 Å². The van der Waals surface area contributed by atoms with Gasteiger partial charge < -0.3 is 10.6 Å². The van der Waals surface area contributed by atoms with E-state index in [4.69, 9.17) is 5.73 Å². The van der Waals surface area contributed by atoms with Gasteiger partial charge in [0.15, 0.2) is 0 Å². The van der Waals surface area contributed by atoms with Crippen LogP contribution in [-0.4, -0.2) is 54.5 Å². The summed E-state index contributed by atoms with van der Waals surface area (Å²) in [6.45, 7) is 9.08. The van der Waals surface area contributed by atoms with Crippen molar-refractivity contribution in [3.8, 4) is 0 Å². The number of amides is 1. The lowest BCUT2D eigenvalue weighted by atomic mass is 10.0. The zero-order valence-electron chi connectivity index (χ0n) is 11.6. The van der Waals surface area contributed by atoms with Crippen LogP contribution < -0.4 is 5.73 Å². The molecule has 1 saturated heterocycles. The molecule has 0 aromatic rings. The molecular formula is C13H27N3O. The highest BCUT2D eigenvalue weighted by atomic mass is 16.2. The maximum absolute atomic E-state index is 12.1. The van der Waals surface area contributed by atoms with E-state index in [1.165, 1.54) is 19.4 Å². The van der Waals surface area contributed by atoms with Gasteiger partial charge in [-0.1, -0.05) is 13.8 Å². The fraction of sp³-hybridized carbons (Fsp3) is 0.923. The molecule has 17 heavy (non-hydrogen) atoms. The van der Waals surface area contributed by atoms with Crippen LogP contribution in [-0.2, 0) is 4.79 Å². The van der Waals surface area contributed by atoms with Crippen molar-refractivity contribution in [2.24, 2.45) is 11.7 Å². The molecule has 2 N–H and O–H groups in total. The van der Waals surface area contributed by atoms with Crippen molar-refractivity contribution in [1.82, 2.24) is 9.80 Å². The number of hydrogen-bond acceptors (Lipinski definition) is 3. The first-order valence-electron chi connectivity index (χ1n) is 6.72. The van der Waals surface area contributed by atoms with E-state index in [0.29, 0.717) is 6.04 Å². The Hall–Kier alpha value is -0.610. The molecule has 1 heterocycles. The van der Waals surface area contributed by atoms with Gasteiger partial charge in [-0.2, -0.15) is 0 Å². The van der Waals surface area contributed by atoms with Gasteiger partial charge in [-0.05, 0) is 32.9 Å². The molecule has 3 unspecified atom stereocenters. The Bertz CT molecular complexity index is 255. The Balaban J connectivity index is 2.48. The molecular weight excluding hydrogens is 214 g/mol. The van der Waals surface area contributed by atoms with Gasteiger partial charge in [-0.25, -0.2) is 0 Å². The third kappa shape index (κ3) is 3.68. The zero-order valence-corrected chi connectivity index (χ0v) is 11.6. The molecule has 4 nitrogen and oxygen atoms in total. The Kier molecular flexibility index (Phi) is 5.40. The van der Waals surface area contributed by atoms with E-state index in [-0.39, 0.29) is 17.9 Å². The molecule has 0 radical (unpaired) electrons. The van der Waals surface area contributed by atoms with Gasteiger partial charge >= 0.3 is 0 Å². The first-order valence-corrected chi connectivity index (χ1v) is 6.72. The van der Waals surface area contributed by atoms with Crippen LogP contribution in [0.1, 0.15) is 33.6 Å². The molecule has 0 aromatic heterocycles. The minimum absolute atomic E-state index is 0.0733. The number of likely N-dealkylation sites (tertiary alicyclic amines) is 1. The smallest absolute Gasteiger partial charge is 0.226 e. The average molecular weight is 241 g/mol. The molecule has 1 rings (SSSR count). The summed E-state index contributed by atoms with van der Waals surface area (Å²) >= 11 is 0. The zero-order chi connectivity index (χ0) is 13.0. The molecule has 0 saturated carbocycles. The molecule has 0 aliphatic carbocycles. The largest absolute Gasteiger partial charge is 0.344 e. The first-order chi connectivity index (χ1) is 7.97. The van der Waals surface area contributed by atoms with Gasteiger partial charge in [0.05, 0.1) is 5.92 Å². The van der Waals surface area contributed by atoms with Gasteiger partial charge in [0.1, 0.15) is 0 Å². The lowest BCUT2D eigenvalue weighted by molar-refractivity contribution is -0.134. The van der Waals surface area contributed by atoms with E-state index in [2.05, 4.69) is 11.8 Å². The number of rotatable bonds is 5. The normalized spacial score (nSPS) is 24.6. The summed E-state index contributed by atoms with van der Waals surface area (Å²) in [4.78, 5) is 16.4. The predicted molar refractivity (Wildman–Crippen MR) is 70.7 cm³/mol. The Morgan fingerprint density at radius 3 is 2.71 bits per heavy atom. The van der Waals surface area contributed by atoms with Crippen molar-refractivity contribution in [2.45, 2.75) is 45.7 Å². The van der Waals surface area contributed by atoms with Crippen LogP contribution >= 0.6 is 0 Å². The number of hydrogen-bond donors (Lipinski definition) is 1. The molecule has 0 spiro atoms. The summed E-state index contributed by atoms with van der Waals surface area (Å²) < 4.78 is 0. The molecule has 0 aromatic carbocycles. The van der Waals surface area contributed by atoms with Crippen molar-refractivity contribution >= 4 is 5.91 Å². The fourth-order valence-electron chi connectivity index (χ4n) is 2.50. The summed E-state index contributed by atoms with van der Waals surface area (Å²) in [7, 11) is 1.90. The highest BCUT2D eigenvalue weighted by Gasteiger charge is 2.27. The average Bonchev–Trinajstić information content (AvgIpc) is 2.73. The van der Waals surface area contributed by atoms with Crippen molar-refractivity contribution in [3.63, 3.8) is 0 Å². The molecule has 3 atom stereocenters. The third-order valence-corrected chi connectivity index (χ3v) is 3.94. The third-order valence-electron chi connectivity index (χ3n) is 3.94. The van der Waals surface area contributed by atoms with Crippen LogP contribution in [0.3, 0.4) is 0 Å². The van der Waals surface area contributed by atoms with Crippen molar-refractivity contribution < 1.29 is 4.79 Å². The van der Waals surface area contributed by atoms with Gasteiger partial charge in [0.25, 0.3) is 0 Å².